The van der Waals surface area contributed by atoms with Gasteiger partial charge in [-0.25, -0.2) is 0 Å². The quantitative estimate of drug-likeness (QED) is 0.679. The molecule has 2 heteroatoms. The van der Waals surface area contributed by atoms with Gasteiger partial charge in [-0.3, -0.25) is 0 Å². The zero-order valence-corrected chi connectivity index (χ0v) is 8.22. The minimum absolute atomic E-state index is 0.332. The van der Waals surface area contributed by atoms with Crippen LogP contribution in [0.2, 0.25) is 0 Å². The lowest BCUT2D eigenvalue weighted by molar-refractivity contribution is 0.828. The van der Waals surface area contributed by atoms with Gasteiger partial charge in [-0.15, -0.1) is 0 Å². The molecule has 0 heterocycles. The van der Waals surface area contributed by atoms with E-state index in [2.05, 4.69) is 25.2 Å². The Morgan fingerprint density at radius 2 is 2.08 bits per heavy atom. The smallest absolute Gasteiger partial charge is 0.0394 e. The molecule has 1 aromatic rings. The van der Waals surface area contributed by atoms with Crippen molar-refractivity contribution in [3.63, 3.8) is 0 Å². The summed E-state index contributed by atoms with van der Waals surface area (Å²) in [6.45, 7) is 4.30. The maximum Gasteiger partial charge on any atom is 0.0394 e. The number of nitrogens with one attached hydrogen (secondary N) is 1. The summed E-state index contributed by atoms with van der Waals surface area (Å²) in [5.74, 6) is 0. The van der Waals surface area contributed by atoms with Crippen molar-refractivity contribution in [3.8, 4) is 0 Å². The zero-order valence-electron chi connectivity index (χ0n) is 8.22. The van der Waals surface area contributed by atoms with Gasteiger partial charge in [0.05, 0.1) is 0 Å². The molecule has 1 aromatic carbocycles. The highest BCUT2D eigenvalue weighted by atomic mass is 15.0. The Labute approximate surface area is 79.1 Å². The van der Waals surface area contributed by atoms with Gasteiger partial charge in [-0.05, 0) is 44.4 Å². The molecular formula is C11H16N2. The van der Waals surface area contributed by atoms with E-state index >= 15 is 0 Å². The van der Waals surface area contributed by atoms with Crippen LogP contribution in [0.15, 0.2) is 18.2 Å². The van der Waals surface area contributed by atoms with Crippen molar-refractivity contribution in [2.24, 2.45) is 0 Å². The van der Waals surface area contributed by atoms with Crippen LogP contribution < -0.4 is 11.1 Å². The van der Waals surface area contributed by atoms with Crippen molar-refractivity contribution in [1.82, 2.24) is 0 Å². The van der Waals surface area contributed by atoms with E-state index in [1.165, 1.54) is 18.5 Å². The standard InChI is InChI=1S/C11H16N2/c1-8-9(12)4-3-5-10(8)13-11(2)6-7-11/h3-5,13H,6-7,12H2,1-2H3. The van der Waals surface area contributed by atoms with Gasteiger partial charge in [-0.2, -0.15) is 0 Å². The summed E-state index contributed by atoms with van der Waals surface area (Å²) < 4.78 is 0. The molecule has 1 saturated carbocycles. The normalized spacial score (nSPS) is 18.3. The van der Waals surface area contributed by atoms with Crippen molar-refractivity contribution < 1.29 is 0 Å². The predicted molar refractivity (Wildman–Crippen MR) is 56.9 cm³/mol. The number of rotatable bonds is 2. The number of anilines is 2. The van der Waals surface area contributed by atoms with Crippen LogP contribution in [-0.4, -0.2) is 5.54 Å². The summed E-state index contributed by atoms with van der Waals surface area (Å²) in [6, 6.07) is 6.03. The molecule has 70 valence electrons. The van der Waals surface area contributed by atoms with Gasteiger partial charge in [-0.1, -0.05) is 6.07 Å². The Balaban J connectivity index is 2.25. The first-order valence-electron chi connectivity index (χ1n) is 4.74. The molecule has 0 atom stereocenters. The van der Waals surface area contributed by atoms with Gasteiger partial charge in [0, 0.05) is 16.9 Å². The molecule has 0 radical (unpaired) electrons. The van der Waals surface area contributed by atoms with Crippen molar-refractivity contribution in [2.75, 3.05) is 11.1 Å². The fraction of sp³-hybridized carbons (Fsp3) is 0.455. The molecule has 13 heavy (non-hydrogen) atoms. The second-order valence-corrected chi connectivity index (χ2v) is 4.21. The van der Waals surface area contributed by atoms with E-state index < -0.39 is 0 Å². The van der Waals surface area contributed by atoms with Crippen molar-refractivity contribution in [3.05, 3.63) is 23.8 Å². The van der Waals surface area contributed by atoms with Crippen LogP contribution in [0.1, 0.15) is 25.3 Å². The lowest BCUT2D eigenvalue weighted by atomic mass is 10.1. The Kier molecular flexibility index (Phi) is 1.72. The minimum Gasteiger partial charge on any atom is -0.398 e. The molecule has 2 rings (SSSR count). The SMILES string of the molecule is Cc1c(N)cccc1NC1(C)CC1. The minimum atomic E-state index is 0.332. The van der Waals surface area contributed by atoms with Crippen LogP contribution >= 0.6 is 0 Å². The Bertz CT molecular complexity index is 327. The van der Waals surface area contributed by atoms with E-state index in [1.807, 2.05) is 12.1 Å². The number of nitrogens with two attached hydrogens (primary N) is 1. The Morgan fingerprint density at radius 1 is 1.38 bits per heavy atom. The maximum atomic E-state index is 5.82. The molecule has 0 unspecified atom stereocenters. The van der Waals surface area contributed by atoms with Crippen LogP contribution in [0.3, 0.4) is 0 Å². The fourth-order valence-corrected chi connectivity index (χ4v) is 1.43. The van der Waals surface area contributed by atoms with E-state index in [9.17, 15) is 0 Å². The van der Waals surface area contributed by atoms with E-state index in [1.54, 1.807) is 0 Å². The topological polar surface area (TPSA) is 38.0 Å². The fourth-order valence-electron chi connectivity index (χ4n) is 1.43. The second kappa shape index (κ2) is 2.66. The van der Waals surface area contributed by atoms with Crippen LogP contribution in [0.25, 0.3) is 0 Å². The second-order valence-electron chi connectivity index (χ2n) is 4.21. The average Bonchev–Trinajstić information content (AvgIpc) is 2.78. The summed E-state index contributed by atoms with van der Waals surface area (Å²) in [5.41, 5.74) is 9.36. The van der Waals surface area contributed by atoms with Gasteiger partial charge in [0.15, 0.2) is 0 Å². The van der Waals surface area contributed by atoms with Crippen molar-refractivity contribution in [1.29, 1.82) is 0 Å². The van der Waals surface area contributed by atoms with E-state index in [4.69, 9.17) is 5.73 Å². The first kappa shape index (κ1) is 8.42. The highest BCUT2D eigenvalue weighted by Gasteiger charge is 2.37. The van der Waals surface area contributed by atoms with Gasteiger partial charge < -0.3 is 11.1 Å². The lowest BCUT2D eigenvalue weighted by Crippen LogP contribution is -2.16. The number of hydrogen-bond donors (Lipinski definition) is 2. The molecule has 0 aliphatic heterocycles. The Morgan fingerprint density at radius 3 is 2.69 bits per heavy atom. The number of nitrogen functional groups attached to an aromatic ring is 1. The molecule has 0 bridgehead atoms. The zero-order chi connectivity index (χ0) is 9.47. The third-order valence-corrected chi connectivity index (χ3v) is 2.81. The monoisotopic (exact) mass is 176 g/mol. The largest absolute Gasteiger partial charge is 0.398 e. The molecule has 0 saturated heterocycles. The average molecular weight is 176 g/mol. The van der Waals surface area contributed by atoms with Gasteiger partial charge in [0.2, 0.25) is 0 Å². The van der Waals surface area contributed by atoms with E-state index in [0.717, 1.165) is 11.3 Å². The Hall–Kier alpha value is -1.18. The van der Waals surface area contributed by atoms with Gasteiger partial charge in [0.25, 0.3) is 0 Å². The molecule has 2 nitrogen and oxygen atoms in total. The molecule has 0 spiro atoms. The molecule has 1 aliphatic carbocycles. The number of hydrogen-bond acceptors (Lipinski definition) is 2. The number of benzene rings is 1. The van der Waals surface area contributed by atoms with E-state index in [-0.39, 0.29) is 0 Å². The van der Waals surface area contributed by atoms with Crippen molar-refractivity contribution in [2.45, 2.75) is 32.2 Å². The summed E-state index contributed by atoms with van der Waals surface area (Å²) >= 11 is 0. The first-order valence-corrected chi connectivity index (χ1v) is 4.74. The highest BCUT2D eigenvalue weighted by molar-refractivity contribution is 5.64. The summed E-state index contributed by atoms with van der Waals surface area (Å²) in [7, 11) is 0. The summed E-state index contributed by atoms with van der Waals surface area (Å²) in [5, 5.41) is 3.52. The molecule has 0 aromatic heterocycles. The third-order valence-electron chi connectivity index (χ3n) is 2.81. The van der Waals surface area contributed by atoms with Crippen LogP contribution in [0.5, 0.6) is 0 Å². The van der Waals surface area contributed by atoms with Crippen LogP contribution in [-0.2, 0) is 0 Å². The van der Waals surface area contributed by atoms with Crippen molar-refractivity contribution >= 4 is 11.4 Å². The lowest BCUT2D eigenvalue weighted by Gasteiger charge is -2.16. The van der Waals surface area contributed by atoms with Crippen LogP contribution in [0.4, 0.5) is 11.4 Å². The maximum absolute atomic E-state index is 5.82. The molecular weight excluding hydrogens is 160 g/mol. The molecule has 3 N–H and O–H groups in total. The molecule has 1 aliphatic rings. The third kappa shape index (κ3) is 1.62. The molecule has 1 fully saturated rings. The summed E-state index contributed by atoms with van der Waals surface area (Å²) in [4.78, 5) is 0. The first-order chi connectivity index (χ1) is 6.11. The van der Waals surface area contributed by atoms with Crippen LogP contribution in [0, 0.1) is 6.92 Å². The predicted octanol–water partition coefficient (Wildman–Crippen LogP) is 2.54. The van der Waals surface area contributed by atoms with Gasteiger partial charge in [0.1, 0.15) is 0 Å². The molecule has 0 amide bonds. The van der Waals surface area contributed by atoms with E-state index in [0.29, 0.717) is 5.54 Å². The summed E-state index contributed by atoms with van der Waals surface area (Å²) in [6.07, 6.45) is 2.53. The van der Waals surface area contributed by atoms with Gasteiger partial charge >= 0.3 is 0 Å². The highest BCUT2D eigenvalue weighted by Crippen LogP contribution is 2.39.